The maximum Gasteiger partial charge on any atom is 0.143 e. The lowest BCUT2D eigenvalue weighted by molar-refractivity contribution is 0.806. The molecule has 0 N–H and O–H groups in total. The second kappa shape index (κ2) is 4.82. The van der Waals surface area contributed by atoms with Crippen LogP contribution in [0.25, 0.3) is 5.70 Å². The molecule has 0 amide bonds. The van der Waals surface area contributed by atoms with Gasteiger partial charge in [0.25, 0.3) is 0 Å². The summed E-state index contributed by atoms with van der Waals surface area (Å²) in [5.41, 5.74) is 0.833. The topological polar surface area (TPSA) is 43.6 Å². The van der Waals surface area contributed by atoms with Crippen LogP contribution in [-0.2, 0) is 0 Å². The van der Waals surface area contributed by atoms with E-state index in [0.717, 1.165) is 5.70 Å². The van der Waals surface area contributed by atoms with Crippen LogP contribution in [0.15, 0.2) is 49.9 Å². The smallest absolute Gasteiger partial charge is 0.143 e. The molecule has 0 spiro atoms. The van der Waals surface area contributed by atoms with E-state index in [0.29, 0.717) is 0 Å². The van der Waals surface area contributed by atoms with Crippen LogP contribution in [0.5, 0.6) is 0 Å². The number of tetrazole rings is 1. The van der Waals surface area contributed by atoms with Gasteiger partial charge in [-0.25, -0.2) is 4.68 Å². The SMILES string of the molecule is C=C/C=C\C(=C/C=C)n1cnnn1. The summed E-state index contributed by atoms with van der Waals surface area (Å²) in [4.78, 5) is 0. The molecule has 0 aromatic carbocycles. The van der Waals surface area contributed by atoms with Crippen LogP contribution in [0.3, 0.4) is 0 Å². The molecule has 1 heterocycles. The van der Waals surface area contributed by atoms with Crippen LogP contribution in [0.4, 0.5) is 0 Å². The predicted octanol–water partition coefficient (Wildman–Crippen LogP) is 1.44. The van der Waals surface area contributed by atoms with Crippen molar-refractivity contribution in [2.75, 3.05) is 0 Å². The van der Waals surface area contributed by atoms with Crippen molar-refractivity contribution in [3.63, 3.8) is 0 Å². The maximum absolute atomic E-state index is 3.74. The monoisotopic (exact) mass is 174 g/mol. The molecule has 0 aliphatic carbocycles. The van der Waals surface area contributed by atoms with E-state index in [4.69, 9.17) is 0 Å². The molecule has 0 unspecified atom stereocenters. The molecule has 1 aromatic heterocycles. The summed E-state index contributed by atoms with van der Waals surface area (Å²) in [5.74, 6) is 0. The van der Waals surface area contributed by atoms with E-state index in [1.807, 2.05) is 6.08 Å². The minimum Gasteiger partial charge on any atom is -0.201 e. The van der Waals surface area contributed by atoms with Crippen molar-refractivity contribution in [1.29, 1.82) is 0 Å². The zero-order chi connectivity index (χ0) is 9.52. The number of hydrogen-bond acceptors (Lipinski definition) is 3. The summed E-state index contributed by atoms with van der Waals surface area (Å²) >= 11 is 0. The zero-order valence-electron chi connectivity index (χ0n) is 7.17. The third-order valence-electron chi connectivity index (χ3n) is 1.31. The minimum absolute atomic E-state index is 0.833. The molecule has 0 atom stereocenters. The average Bonchev–Trinajstić information content (AvgIpc) is 2.65. The van der Waals surface area contributed by atoms with Gasteiger partial charge >= 0.3 is 0 Å². The second-order valence-electron chi connectivity index (χ2n) is 2.18. The summed E-state index contributed by atoms with van der Waals surface area (Å²) in [5, 5.41) is 10.8. The summed E-state index contributed by atoms with van der Waals surface area (Å²) < 4.78 is 1.54. The summed E-state index contributed by atoms with van der Waals surface area (Å²) in [7, 11) is 0. The minimum atomic E-state index is 0.833. The number of allylic oxidation sites excluding steroid dienone is 6. The van der Waals surface area contributed by atoms with Crippen molar-refractivity contribution in [1.82, 2.24) is 20.2 Å². The van der Waals surface area contributed by atoms with Gasteiger partial charge in [0.05, 0.1) is 5.70 Å². The first kappa shape index (κ1) is 9.12. The first-order valence-electron chi connectivity index (χ1n) is 3.73. The number of rotatable bonds is 4. The van der Waals surface area contributed by atoms with Crippen molar-refractivity contribution in [3.05, 3.63) is 49.9 Å². The Balaban J connectivity index is 2.93. The highest BCUT2D eigenvalue weighted by Gasteiger charge is 1.94. The molecule has 66 valence electrons. The molecule has 0 aliphatic heterocycles. The fourth-order valence-corrected chi connectivity index (χ4v) is 0.775. The molecule has 0 saturated heterocycles. The van der Waals surface area contributed by atoms with Gasteiger partial charge in [-0.1, -0.05) is 31.4 Å². The van der Waals surface area contributed by atoms with E-state index in [9.17, 15) is 0 Å². The molecule has 4 nitrogen and oxygen atoms in total. The Morgan fingerprint density at radius 3 is 2.69 bits per heavy atom. The van der Waals surface area contributed by atoms with E-state index in [-0.39, 0.29) is 0 Å². The van der Waals surface area contributed by atoms with E-state index in [1.54, 1.807) is 29.0 Å². The highest BCUT2D eigenvalue weighted by atomic mass is 15.5. The van der Waals surface area contributed by atoms with Gasteiger partial charge in [0.15, 0.2) is 0 Å². The van der Waals surface area contributed by atoms with E-state index in [1.165, 1.54) is 6.33 Å². The molecule has 0 bridgehead atoms. The zero-order valence-corrected chi connectivity index (χ0v) is 7.17. The Morgan fingerprint density at radius 1 is 1.31 bits per heavy atom. The van der Waals surface area contributed by atoms with E-state index >= 15 is 0 Å². The lowest BCUT2D eigenvalue weighted by atomic mass is 10.3. The summed E-state index contributed by atoms with van der Waals surface area (Å²) in [6, 6.07) is 0. The first-order valence-corrected chi connectivity index (χ1v) is 3.73. The molecular weight excluding hydrogens is 164 g/mol. The van der Waals surface area contributed by atoms with Gasteiger partial charge in [0, 0.05) is 0 Å². The number of nitrogens with zero attached hydrogens (tertiary/aromatic N) is 4. The maximum atomic E-state index is 3.74. The highest BCUT2D eigenvalue weighted by Crippen LogP contribution is 2.02. The van der Waals surface area contributed by atoms with Crippen molar-refractivity contribution >= 4 is 5.70 Å². The number of hydrogen-bond donors (Lipinski definition) is 0. The van der Waals surface area contributed by atoms with Crippen molar-refractivity contribution in [2.24, 2.45) is 0 Å². The Bertz CT molecular complexity index is 333. The van der Waals surface area contributed by atoms with Crippen LogP contribution in [0.2, 0.25) is 0 Å². The number of aromatic nitrogens is 4. The normalized spacial score (nSPS) is 11.8. The van der Waals surface area contributed by atoms with Crippen LogP contribution < -0.4 is 0 Å². The van der Waals surface area contributed by atoms with Crippen LogP contribution in [0.1, 0.15) is 0 Å². The third kappa shape index (κ3) is 2.52. The molecule has 4 heteroatoms. The average molecular weight is 174 g/mol. The Kier molecular flexibility index (Phi) is 3.38. The lowest BCUT2D eigenvalue weighted by Gasteiger charge is -1.96. The van der Waals surface area contributed by atoms with Crippen LogP contribution in [-0.4, -0.2) is 20.2 Å². The Morgan fingerprint density at radius 2 is 2.15 bits per heavy atom. The molecule has 0 aliphatic rings. The first-order chi connectivity index (χ1) is 6.38. The lowest BCUT2D eigenvalue weighted by Crippen LogP contribution is -1.94. The van der Waals surface area contributed by atoms with Crippen molar-refractivity contribution in [3.8, 4) is 0 Å². The molecule has 1 rings (SSSR count). The summed E-state index contributed by atoms with van der Waals surface area (Å²) in [6.07, 6.45) is 10.3. The fraction of sp³-hybridized carbons (Fsp3) is 0. The van der Waals surface area contributed by atoms with Gasteiger partial charge in [-0.3, -0.25) is 0 Å². The summed E-state index contributed by atoms with van der Waals surface area (Å²) in [6.45, 7) is 7.17. The fourth-order valence-electron chi connectivity index (χ4n) is 0.775. The van der Waals surface area contributed by atoms with Gasteiger partial charge in [0.1, 0.15) is 6.33 Å². The molecule has 0 radical (unpaired) electrons. The van der Waals surface area contributed by atoms with Crippen LogP contribution >= 0.6 is 0 Å². The second-order valence-corrected chi connectivity index (χ2v) is 2.18. The van der Waals surface area contributed by atoms with Gasteiger partial charge in [0.2, 0.25) is 0 Å². The molecule has 13 heavy (non-hydrogen) atoms. The largest absolute Gasteiger partial charge is 0.201 e. The standard InChI is InChI=1S/C9H10N4/c1-3-5-7-9(6-4-2)13-8-10-11-12-13/h3-8H,1-2H2/b7-5-,9-6+. The van der Waals surface area contributed by atoms with Gasteiger partial charge < -0.3 is 0 Å². The Labute approximate surface area is 76.6 Å². The van der Waals surface area contributed by atoms with Crippen LogP contribution in [0, 0.1) is 0 Å². The molecular formula is C9H10N4. The van der Waals surface area contributed by atoms with Crippen molar-refractivity contribution in [2.45, 2.75) is 0 Å². The highest BCUT2D eigenvalue weighted by molar-refractivity contribution is 5.57. The third-order valence-corrected chi connectivity index (χ3v) is 1.31. The Hall–Kier alpha value is -1.97. The van der Waals surface area contributed by atoms with Gasteiger partial charge in [-0.15, -0.1) is 5.10 Å². The van der Waals surface area contributed by atoms with E-state index in [2.05, 4.69) is 28.7 Å². The molecule has 0 saturated carbocycles. The quantitative estimate of drug-likeness (QED) is 0.649. The van der Waals surface area contributed by atoms with E-state index < -0.39 is 0 Å². The predicted molar refractivity (Wildman–Crippen MR) is 51.6 cm³/mol. The molecule has 0 fully saturated rings. The van der Waals surface area contributed by atoms with Gasteiger partial charge in [-0.2, -0.15) is 0 Å². The molecule has 1 aromatic rings. The van der Waals surface area contributed by atoms with Crippen molar-refractivity contribution < 1.29 is 0 Å². The van der Waals surface area contributed by atoms with Gasteiger partial charge in [-0.05, 0) is 22.6 Å².